The van der Waals surface area contributed by atoms with E-state index >= 15 is 0 Å². The lowest BCUT2D eigenvalue weighted by atomic mass is 10.0. The summed E-state index contributed by atoms with van der Waals surface area (Å²) >= 11 is 0. The van der Waals surface area contributed by atoms with Crippen LogP contribution in [0.4, 0.5) is 5.69 Å². The number of rotatable bonds is 6. The van der Waals surface area contributed by atoms with Gasteiger partial charge in [0.1, 0.15) is 5.69 Å². The van der Waals surface area contributed by atoms with Crippen LogP contribution in [-0.2, 0) is 7.05 Å². The molecule has 0 radical (unpaired) electrons. The van der Waals surface area contributed by atoms with Crippen molar-refractivity contribution < 1.29 is 9.59 Å². The van der Waals surface area contributed by atoms with Gasteiger partial charge in [-0.05, 0) is 61.5 Å². The number of hydrogen-bond donors (Lipinski definition) is 2. The summed E-state index contributed by atoms with van der Waals surface area (Å²) in [6.07, 6.45) is 5.51. The normalized spacial score (nSPS) is 11.3. The van der Waals surface area contributed by atoms with Crippen LogP contribution in [0.25, 0.3) is 23.1 Å². The second-order valence-corrected chi connectivity index (χ2v) is 8.12. The Bertz CT molecular complexity index is 1580. The number of aryl methyl sites for hydroxylation is 2. The molecule has 2 aromatic carbocycles. The summed E-state index contributed by atoms with van der Waals surface area (Å²) in [4.78, 5) is 30.1. The van der Waals surface area contributed by atoms with Crippen molar-refractivity contribution in [2.45, 2.75) is 6.92 Å². The average Bonchev–Trinajstić information content (AvgIpc) is 3.44. The van der Waals surface area contributed by atoms with E-state index in [9.17, 15) is 9.59 Å². The fourth-order valence-corrected chi connectivity index (χ4v) is 3.87. The third kappa shape index (κ3) is 4.63. The Labute approximate surface area is 201 Å². The zero-order chi connectivity index (χ0) is 24.4. The first-order valence-electron chi connectivity index (χ1n) is 11.0. The van der Waals surface area contributed by atoms with Gasteiger partial charge in [0.15, 0.2) is 5.78 Å². The number of nitrogens with one attached hydrogen (secondary N) is 2. The number of pyridine rings is 1. The van der Waals surface area contributed by atoms with Crippen LogP contribution in [0.5, 0.6) is 0 Å². The Morgan fingerprint density at radius 1 is 0.971 bits per heavy atom. The summed E-state index contributed by atoms with van der Waals surface area (Å²) in [6, 6.07) is 19.7. The highest BCUT2D eigenvalue weighted by Gasteiger charge is 2.15. The number of aromatic nitrogens is 5. The van der Waals surface area contributed by atoms with E-state index in [-0.39, 0.29) is 11.7 Å². The first-order valence-corrected chi connectivity index (χ1v) is 11.0. The molecule has 35 heavy (non-hydrogen) atoms. The molecule has 2 N–H and O–H groups in total. The Kier molecular flexibility index (Phi) is 5.76. The van der Waals surface area contributed by atoms with E-state index in [2.05, 4.69) is 25.6 Å². The van der Waals surface area contributed by atoms with Crippen molar-refractivity contribution in [1.82, 2.24) is 25.0 Å². The van der Waals surface area contributed by atoms with Gasteiger partial charge in [-0.1, -0.05) is 24.3 Å². The molecule has 3 heterocycles. The van der Waals surface area contributed by atoms with Crippen LogP contribution in [0, 0.1) is 6.92 Å². The number of carbonyl (C=O) groups excluding carboxylic acids is 2. The molecule has 0 bridgehead atoms. The number of hydrogen-bond acceptors (Lipinski definition) is 5. The van der Waals surface area contributed by atoms with Gasteiger partial charge in [0.25, 0.3) is 5.91 Å². The number of ketones is 1. The molecule has 0 aliphatic rings. The summed E-state index contributed by atoms with van der Waals surface area (Å²) in [5.74, 6) is -0.442. The fraction of sp³-hybridized carbons (Fsp3) is 0.0741. The maximum atomic E-state index is 13.2. The molecule has 8 heteroatoms. The van der Waals surface area contributed by atoms with E-state index in [1.54, 1.807) is 55.7 Å². The van der Waals surface area contributed by atoms with Gasteiger partial charge in [-0.15, -0.1) is 0 Å². The Hall–Kier alpha value is -4.85. The zero-order valence-corrected chi connectivity index (χ0v) is 19.2. The van der Waals surface area contributed by atoms with Crippen molar-refractivity contribution >= 4 is 40.4 Å². The van der Waals surface area contributed by atoms with Crippen molar-refractivity contribution in [3.05, 3.63) is 107 Å². The smallest absolute Gasteiger partial charge is 0.273 e. The molecule has 0 unspecified atom stereocenters. The number of fused-ring (bicyclic) bond motifs is 1. The van der Waals surface area contributed by atoms with Gasteiger partial charge in [-0.3, -0.25) is 24.4 Å². The quantitative estimate of drug-likeness (QED) is 0.357. The van der Waals surface area contributed by atoms with Crippen LogP contribution in [0.1, 0.15) is 43.5 Å². The summed E-state index contributed by atoms with van der Waals surface area (Å²) in [7, 11) is 1.72. The number of benzene rings is 2. The number of H-pyrrole nitrogens is 1. The Morgan fingerprint density at radius 3 is 2.60 bits per heavy atom. The lowest BCUT2D eigenvalue weighted by molar-refractivity contribution is 0.101. The molecule has 172 valence electrons. The summed E-state index contributed by atoms with van der Waals surface area (Å²) in [6.45, 7) is 1.83. The molecule has 0 saturated carbocycles. The monoisotopic (exact) mass is 462 g/mol. The predicted molar refractivity (Wildman–Crippen MR) is 135 cm³/mol. The van der Waals surface area contributed by atoms with Gasteiger partial charge in [-0.25, -0.2) is 0 Å². The minimum absolute atomic E-state index is 0.153. The van der Waals surface area contributed by atoms with Gasteiger partial charge in [0.2, 0.25) is 0 Å². The van der Waals surface area contributed by atoms with Crippen molar-refractivity contribution in [2.75, 3.05) is 5.32 Å². The highest BCUT2D eigenvalue weighted by molar-refractivity contribution is 6.12. The third-order valence-corrected chi connectivity index (χ3v) is 5.57. The van der Waals surface area contributed by atoms with Crippen LogP contribution >= 0.6 is 0 Å². The highest BCUT2D eigenvalue weighted by Crippen LogP contribution is 2.22. The van der Waals surface area contributed by atoms with Gasteiger partial charge in [-0.2, -0.15) is 10.2 Å². The predicted octanol–water partition coefficient (Wildman–Crippen LogP) is 4.65. The lowest BCUT2D eigenvalue weighted by Gasteiger charge is -2.08. The molecular weight excluding hydrogens is 440 g/mol. The molecule has 5 rings (SSSR count). The molecule has 0 aliphatic heterocycles. The topological polar surface area (TPSA) is 106 Å². The van der Waals surface area contributed by atoms with Gasteiger partial charge < -0.3 is 5.32 Å². The zero-order valence-electron chi connectivity index (χ0n) is 19.2. The van der Waals surface area contributed by atoms with Crippen LogP contribution in [-0.4, -0.2) is 36.7 Å². The second-order valence-electron chi connectivity index (χ2n) is 8.12. The van der Waals surface area contributed by atoms with Crippen molar-refractivity contribution in [3.8, 4) is 0 Å². The fourth-order valence-electron chi connectivity index (χ4n) is 3.87. The number of amides is 1. The molecule has 3 aromatic heterocycles. The van der Waals surface area contributed by atoms with E-state index in [1.165, 1.54) is 4.68 Å². The summed E-state index contributed by atoms with van der Waals surface area (Å²) in [5, 5.41) is 15.3. The lowest BCUT2D eigenvalue weighted by Crippen LogP contribution is -2.16. The number of anilines is 1. The second kappa shape index (κ2) is 9.18. The van der Waals surface area contributed by atoms with Crippen molar-refractivity contribution in [2.24, 2.45) is 7.05 Å². The first kappa shape index (κ1) is 22.0. The van der Waals surface area contributed by atoms with Crippen molar-refractivity contribution in [3.63, 3.8) is 0 Å². The maximum absolute atomic E-state index is 13.2. The molecule has 0 atom stereocenters. The minimum Gasteiger partial charge on any atom is -0.321 e. The molecule has 0 saturated heterocycles. The van der Waals surface area contributed by atoms with E-state index in [0.717, 1.165) is 28.0 Å². The molecule has 8 nitrogen and oxygen atoms in total. The van der Waals surface area contributed by atoms with Crippen LogP contribution < -0.4 is 5.32 Å². The van der Waals surface area contributed by atoms with E-state index < -0.39 is 0 Å². The largest absolute Gasteiger partial charge is 0.321 e. The van der Waals surface area contributed by atoms with Gasteiger partial charge in [0.05, 0.1) is 22.6 Å². The molecule has 1 amide bonds. The Morgan fingerprint density at radius 2 is 1.83 bits per heavy atom. The summed E-state index contributed by atoms with van der Waals surface area (Å²) < 4.78 is 1.53. The minimum atomic E-state index is -0.289. The standard InChI is InChI=1S/C27H22N6O2/c1-17-14-25(33(2)32-17)27(35)29-21-8-5-6-18(15-21)26(34)19-9-11-22-23(30-31-24(22)16-19)12-10-20-7-3-4-13-28-20/h3-16H,1-2H3,(H,29,35)(H,30,31). The highest BCUT2D eigenvalue weighted by atomic mass is 16.2. The van der Waals surface area contributed by atoms with Gasteiger partial charge >= 0.3 is 0 Å². The van der Waals surface area contributed by atoms with Crippen LogP contribution in [0.15, 0.2) is 72.9 Å². The average molecular weight is 463 g/mol. The van der Waals surface area contributed by atoms with Crippen LogP contribution in [0.3, 0.4) is 0 Å². The first-order chi connectivity index (χ1) is 17.0. The third-order valence-electron chi connectivity index (χ3n) is 5.57. The number of carbonyl (C=O) groups is 2. The summed E-state index contributed by atoms with van der Waals surface area (Å²) in [5.41, 5.74) is 5.07. The number of aromatic amines is 1. The molecule has 0 fully saturated rings. The Balaban J connectivity index is 1.36. The maximum Gasteiger partial charge on any atom is 0.273 e. The molecule has 5 aromatic rings. The SMILES string of the molecule is Cc1cc(C(=O)Nc2cccc(C(=O)c3ccc4c(C=Cc5ccccn5)n[nH]c4c3)c2)n(C)n1. The van der Waals surface area contributed by atoms with Gasteiger partial charge in [0, 0.05) is 35.4 Å². The molecule has 0 aliphatic carbocycles. The van der Waals surface area contributed by atoms with E-state index in [0.29, 0.717) is 22.5 Å². The number of nitrogens with zero attached hydrogens (tertiary/aromatic N) is 4. The molecule has 0 spiro atoms. The molecular formula is C27H22N6O2. The van der Waals surface area contributed by atoms with Crippen LogP contribution in [0.2, 0.25) is 0 Å². The van der Waals surface area contributed by atoms with Crippen molar-refractivity contribution in [1.29, 1.82) is 0 Å². The van der Waals surface area contributed by atoms with E-state index in [4.69, 9.17) is 0 Å². The van der Waals surface area contributed by atoms with E-state index in [1.807, 2.05) is 43.3 Å².